The Morgan fingerprint density at radius 3 is 2.63 bits per heavy atom. The van der Waals surface area contributed by atoms with Gasteiger partial charge in [-0.1, -0.05) is 18.6 Å². The van der Waals surface area contributed by atoms with Crippen LogP contribution in [0.15, 0.2) is 24.3 Å². The van der Waals surface area contributed by atoms with E-state index in [0.717, 1.165) is 12.2 Å². The maximum atomic E-state index is 6.08. The van der Waals surface area contributed by atoms with E-state index in [0.29, 0.717) is 6.54 Å². The molecule has 1 unspecified atom stereocenters. The Labute approximate surface area is 116 Å². The Kier molecular flexibility index (Phi) is 4.83. The summed E-state index contributed by atoms with van der Waals surface area (Å²) in [5.41, 5.74) is 7.45. The number of piperidine rings is 1. The minimum atomic E-state index is 0.0623. The monoisotopic (exact) mass is 262 g/mol. The van der Waals surface area contributed by atoms with Crippen LogP contribution in [0.1, 0.15) is 31.7 Å². The lowest BCUT2D eigenvalue weighted by molar-refractivity contribution is 0.0870. The van der Waals surface area contributed by atoms with Crippen molar-refractivity contribution in [3.63, 3.8) is 0 Å². The molecule has 1 heterocycles. The van der Waals surface area contributed by atoms with Crippen LogP contribution in [0.25, 0.3) is 0 Å². The van der Waals surface area contributed by atoms with E-state index < -0.39 is 0 Å². The largest absolute Gasteiger partial charge is 0.497 e. The van der Waals surface area contributed by atoms with E-state index in [1.165, 1.54) is 37.9 Å². The van der Waals surface area contributed by atoms with Crippen molar-refractivity contribution in [1.82, 2.24) is 4.90 Å². The first-order valence-electron chi connectivity index (χ1n) is 7.26. The summed E-state index contributed by atoms with van der Waals surface area (Å²) in [5.74, 6) is 0.926. The van der Waals surface area contributed by atoms with Crippen molar-refractivity contribution in [3.05, 3.63) is 29.8 Å². The summed E-state index contributed by atoms with van der Waals surface area (Å²) in [4.78, 5) is 2.57. The highest BCUT2D eigenvalue weighted by atomic mass is 16.5. The molecular weight excluding hydrogens is 236 g/mol. The van der Waals surface area contributed by atoms with E-state index >= 15 is 0 Å². The third-order valence-electron chi connectivity index (χ3n) is 4.28. The number of ether oxygens (including phenoxy) is 1. The lowest BCUT2D eigenvalue weighted by Crippen LogP contribution is -2.54. The van der Waals surface area contributed by atoms with E-state index in [4.69, 9.17) is 10.5 Å². The number of rotatable bonds is 5. The lowest BCUT2D eigenvalue weighted by Gasteiger charge is -2.43. The molecule has 1 saturated heterocycles. The number of nitrogens with two attached hydrogens (primary N) is 1. The van der Waals surface area contributed by atoms with Gasteiger partial charge in [0.15, 0.2) is 0 Å². The summed E-state index contributed by atoms with van der Waals surface area (Å²) in [6, 6.07) is 8.34. The summed E-state index contributed by atoms with van der Waals surface area (Å²) < 4.78 is 5.30. The van der Waals surface area contributed by atoms with Crippen molar-refractivity contribution in [2.24, 2.45) is 5.73 Å². The van der Waals surface area contributed by atoms with Gasteiger partial charge in [0.25, 0.3) is 0 Å². The van der Waals surface area contributed by atoms with Gasteiger partial charge in [-0.3, -0.25) is 4.90 Å². The van der Waals surface area contributed by atoms with Crippen LogP contribution in [0.5, 0.6) is 5.75 Å². The van der Waals surface area contributed by atoms with Crippen molar-refractivity contribution >= 4 is 0 Å². The van der Waals surface area contributed by atoms with E-state index in [1.807, 2.05) is 6.07 Å². The Bertz CT molecular complexity index is 401. The fraction of sp³-hybridized carbons (Fsp3) is 0.625. The van der Waals surface area contributed by atoms with Crippen LogP contribution in [0.2, 0.25) is 0 Å². The molecule has 2 rings (SSSR count). The van der Waals surface area contributed by atoms with Crippen molar-refractivity contribution in [1.29, 1.82) is 0 Å². The van der Waals surface area contributed by atoms with Gasteiger partial charge in [-0.05, 0) is 57.0 Å². The summed E-state index contributed by atoms with van der Waals surface area (Å²) in [5, 5.41) is 0. The molecule has 1 atom stereocenters. The molecule has 19 heavy (non-hydrogen) atoms. The van der Waals surface area contributed by atoms with Gasteiger partial charge in [0.1, 0.15) is 5.75 Å². The molecule has 0 aromatic heterocycles. The molecule has 0 spiro atoms. The number of likely N-dealkylation sites (tertiary alicyclic amines) is 1. The van der Waals surface area contributed by atoms with Gasteiger partial charge < -0.3 is 10.5 Å². The normalized spacial score (nSPS) is 19.9. The van der Waals surface area contributed by atoms with Gasteiger partial charge in [-0.2, -0.15) is 0 Å². The quantitative estimate of drug-likeness (QED) is 0.886. The Hall–Kier alpha value is -1.06. The molecule has 0 amide bonds. The molecule has 0 radical (unpaired) electrons. The molecule has 1 aromatic rings. The van der Waals surface area contributed by atoms with Crippen molar-refractivity contribution < 1.29 is 4.74 Å². The van der Waals surface area contributed by atoms with Gasteiger partial charge in [0, 0.05) is 12.1 Å². The summed E-state index contributed by atoms with van der Waals surface area (Å²) in [6.07, 6.45) is 4.94. The van der Waals surface area contributed by atoms with Crippen LogP contribution in [-0.2, 0) is 6.42 Å². The fourth-order valence-electron chi connectivity index (χ4n) is 2.97. The van der Waals surface area contributed by atoms with Crippen LogP contribution in [0, 0.1) is 0 Å². The third-order valence-corrected chi connectivity index (χ3v) is 4.28. The van der Waals surface area contributed by atoms with Crippen molar-refractivity contribution in [2.75, 3.05) is 26.7 Å². The molecule has 3 nitrogen and oxygen atoms in total. The Balaban J connectivity index is 2.11. The van der Waals surface area contributed by atoms with Gasteiger partial charge in [0.2, 0.25) is 0 Å². The van der Waals surface area contributed by atoms with Crippen LogP contribution in [-0.4, -0.2) is 37.2 Å². The second kappa shape index (κ2) is 6.40. The maximum absolute atomic E-state index is 6.08. The van der Waals surface area contributed by atoms with Crippen LogP contribution < -0.4 is 10.5 Å². The zero-order valence-electron chi connectivity index (χ0n) is 12.2. The molecule has 0 bridgehead atoms. The second-order valence-corrected chi connectivity index (χ2v) is 5.78. The van der Waals surface area contributed by atoms with Crippen LogP contribution in [0.3, 0.4) is 0 Å². The topological polar surface area (TPSA) is 38.5 Å². The van der Waals surface area contributed by atoms with E-state index in [1.54, 1.807) is 7.11 Å². The number of methoxy groups -OCH3 is 1. The van der Waals surface area contributed by atoms with Gasteiger partial charge >= 0.3 is 0 Å². The first-order chi connectivity index (χ1) is 9.18. The summed E-state index contributed by atoms with van der Waals surface area (Å²) in [7, 11) is 1.71. The smallest absolute Gasteiger partial charge is 0.119 e. The highest BCUT2D eigenvalue weighted by molar-refractivity contribution is 5.29. The van der Waals surface area contributed by atoms with Crippen LogP contribution >= 0.6 is 0 Å². The highest BCUT2D eigenvalue weighted by Gasteiger charge is 2.31. The third kappa shape index (κ3) is 3.48. The predicted molar refractivity (Wildman–Crippen MR) is 79.6 cm³/mol. The minimum absolute atomic E-state index is 0.0623. The summed E-state index contributed by atoms with van der Waals surface area (Å²) >= 11 is 0. The summed E-state index contributed by atoms with van der Waals surface area (Å²) in [6.45, 7) is 5.34. The SMILES string of the molecule is COc1cccc(CC(C)(CN)N2CCCCC2)c1. The number of nitrogens with zero attached hydrogens (tertiary/aromatic N) is 1. The van der Waals surface area contributed by atoms with Gasteiger partial charge in [-0.25, -0.2) is 0 Å². The molecule has 0 aliphatic carbocycles. The Morgan fingerprint density at radius 1 is 1.26 bits per heavy atom. The van der Waals surface area contributed by atoms with Crippen molar-refractivity contribution in [2.45, 2.75) is 38.1 Å². The highest BCUT2D eigenvalue weighted by Crippen LogP contribution is 2.25. The average Bonchev–Trinajstić information content (AvgIpc) is 2.48. The number of hydrogen-bond donors (Lipinski definition) is 1. The van der Waals surface area contributed by atoms with Crippen molar-refractivity contribution in [3.8, 4) is 5.75 Å². The fourth-order valence-corrected chi connectivity index (χ4v) is 2.97. The molecule has 1 aliphatic heterocycles. The molecule has 106 valence electrons. The molecule has 3 heteroatoms. The van der Waals surface area contributed by atoms with E-state index in [9.17, 15) is 0 Å². The van der Waals surface area contributed by atoms with Gasteiger partial charge in [0.05, 0.1) is 7.11 Å². The van der Waals surface area contributed by atoms with Gasteiger partial charge in [-0.15, -0.1) is 0 Å². The zero-order chi connectivity index (χ0) is 13.7. The first-order valence-corrected chi connectivity index (χ1v) is 7.26. The molecule has 1 aromatic carbocycles. The van der Waals surface area contributed by atoms with Crippen LogP contribution in [0.4, 0.5) is 0 Å². The maximum Gasteiger partial charge on any atom is 0.119 e. The predicted octanol–water partition coefficient (Wildman–Crippen LogP) is 2.44. The minimum Gasteiger partial charge on any atom is -0.497 e. The Morgan fingerprint density at radius 2 is 2.00 bits per heavy atom. The van der Waals surface area contributed by atoms with E-state index in [2.05, 4.69) is 30.0 Å². The first kappa shape index (κ1) is 14.4. The number of benzene rings is 1. The molecule has 2 N–H and O–H groups in total. The lowest BCUT2D eigenvalue weighted by atomic mass is 9.89. The second-order valence-electron chi connectivity index (χ2n) is 5.78. The standard InChI is InChI=1S/C16H26N2O/c1-16(13-17,18-9-4-3-5-10-18)12-14-7-6-8-15(11-14)19-2/h6-8,11H,3-5,9-10,12-13,17H2,1-2H3. The zero-order valence-corrected chi connectivity index (χ0v) is 12.2. The molecule has 0 saturated carbocycles. The molecular formula is C16H26N2O. The molecule has 1 aliphatic rings. The molecule has 1 fully saturated rings. The van der Waals surface area contributed by atoms with E-state index in [-0.39, 0.29) is 5.54 Å². The number of hydrogen-bond acceptors (Lipinski definition) is 3. The average molecular weight is 262 g/mol.